The number of pyridine rings is 1. The van der Waals surface area contributed by atoms with Crippen molar-refractivity contribution >= 4 is 27.8 Å². The van der Waals surface area contributed by atoms with Gasteiger partial charge >= 0.3 is 6.18 Å². The predicted octanol–water partition coefficient (Wildman–Crippen LogP) is 6.40. The van der Waals surface area contributed by atoms with Gasteiger partial charge in [-0.25, -0.2) is 18.3 Å². The summed E-state index contributed by atoms with van der Waals surface area (Å²) in [6.07, 6.45) is -3.71. The summed E-state index contributed by atoms with van der Waals surface area (Å²) < 4.78 is 91.8. The molecule has 2 aromatic heterocycles. The summed E-state index contributed by atoms with van der Waals surface area (Å²) in [6, 6.07) is 10.5. The Morgan fingerprint density at radius 1 is 1.06 bits per heavy atom. The molecule has 4 aromatic rings. The molecule has 0 fully saturated rings. The van der Waals surface area contributed by atoms with Crippen molar-refractivity contribution in [1.82, 2.24) is 20.0 Å². The van der Waals surface area contributed by atoms with Crippen molar-refractivity contribution in [3.05, 3.63) is 77.4 Å². The Balaban J connectivity index is 1.51. The lowest BCUT2D eigenvalue weighted by Crippen LogP contribution is -2.52. The molecule has 10 nitrogen and oxygen atoms in total. The average molecular weight is 735 g/mol. The number of aromatic nitrogens is 2. The summed E-state index contributed by atoms with van der Waals surface area (Å²) in [4.78, 5) is 20.7. The number of amides is 1. The van der Waals surface area contributed by atoms with Crippen LogP contribution in [0.2, 0.25) is 0 Å². The zero-order chi connectivity index (χ0) is 37.6. The highest BCUT2D eigenvalue weighted by Gasteiger charge is 2.57. The van der Waals surface area contributed by atoms with E-state index in [4.69, 9.17) is 14.2 Å². The second kappa shape index (κ2) is 13.8. The molecule has 0 aliphatic carbocycles. The monoisotopic (exact) mass is 734 g/mol. The first-order chi connectivity index (χ1) is 23.6. The number of aliphatic hydroxyl groups is 1. The highest BCUT2D eigenvalue weighted by molar-refractivity contribution is 7.84. The minimum atomic E-state index is -5.34. The summed E-state index contributed by atoms with van der Waals surface area (Å²) in [7, 11) is -1.68. The van der Waals surface area contributed by atoms with Gasteiger partial charge in [-0.1, -0.05) is 0 Å². The van der Waals surface area contributed by atoms with E-state index in [1.165, 1.54) is 24.3 Å². The molecule has 3 heterocycles. The number of nitrogens with zero attached hydrogens (tertiary/aromatic N) is 1. The molecule has 3 atom stereocenters. The average Bonchev–Trinajstić information content (AvgIpc) is 3.64. The lowest BCUT2D eigenvalue weighted by Gasteiger charge is -2.32. The Kier molecular flexibility index (Phi) is 10.4. The maximum Gasteiger partial charge on any atom is 0.424 e. The van der Waals surface area contributed by atoms with Crippen molar-refractivity contribution in [3.63, 3.8) is 0 Å². The summed E-state index contributed by atoms with van der Waals surface area (Å²) in [6.45, 7) is 11.4. The molecule has 1 aliphatic rings. The number of hydrogen-bond acceptors (Lipinski definition) is 7. The van der Waals surface area contributed by atoms with E-state index >= 15 is 13.2 Å². The SMILES string of the molecule is CC(C)(C)OCCOc1cc(C(=O)NCC(O)(c2cc3c(c(-c4ccc(F)cc4)n2)OC[C@@]3(C)NS(=O)C(C)(C)C)C(F)(F)F)cc2cc[nH]c12. The Labute approximate surface area is 295 Å². The molecule has 2 aromatic carbocycles. The van der Waals surface area contributed by atoms with E-state index in [1.807, 2.05) is 20.8 Å². The summed E-state index contributed by atoms with van der Waals surface area (Å²) in [5.74, 6) is -1.12. The third-order valence-corrected chi connectivity index (χ3v) is 9.97. The standard InChI is InChI=1S/C36H42F4N4O6S/c1-32(2,3)50-15-14-48-26-17-23(16-22-12-13-41-28(22)26)31(45)42-19-35(46,36(38,39)40)27-18-25-30(29(43-27)21-8-10-24(37)11-9-21)49-20-34(25,7)44-51(47)33(4,5)6/h8-13,16-18,41,44,46H,14-15,19-20H2,1-7H3,(H,42,45)/t34-,35?,51?/m1/s1. The fourth-order valence-electron chi connectivity index (χ4n) is 5.37. The van der Waals surface area contributed by atoms with Crippen LogP contribution in [0.4, 0.5) is 17.6 Å². The molecule has 276 valence electrons. The number of aromatic amines is 1. The fraction of sp³-hybridized carbons (Fsp3) is 0.444. The van der Waals surface area contributed by atoms with Crippen LogP contribution < -0.4 is 19.5 Å². The highest BCUT2D eigenvalue weighted by Crippen LogP contribution is 2.47. The van der Waals surface area contributed by atoms with Crippen LogP contribution in [0.1, 0.15) is 70.1 Å². The van der Waals surface area contributed by atoms with E-state index in [0.717, 1.165) is 18.2 Å². The van der Waals surface area contributed by atoms with Gasteiger partial charge in [0.15, 0.2) is 5.75 Å². The van der Waals surface area contributed by atoms with Crippen LogP contribution in [0.25, 0.3) is 22.2 Å². The van der Waals surface area contributed by atoms with E-state index in [9.17, 15) is 18.5 Å². The first-order valence-corrected chi connectivity index (χ1v) is 17.4. The number of benzene rings is 2. The molecule has 0 saturated carbocycles. The number of hydrogen-bond donors (Lipinski definition) is 4. The molecule has 0 radical (unpaired) electrons. The second-order valence-corrected chi connectivity index (χ2v) is 16.6. The van der Waals surface area contributed by atoms with Crippen molar-refractivity contribution in [2.24, 2.45) is 0 Å². The van der Waals surface area contributed by atoms with Crippen LogP contribution in [0.5, 0.6) is 11.5 Å². The quantitative estimate of drug-likeness (QED) is 0.104. The fourth-order valence-corrected chi connectivity index (χ4v) is 6.25. The van der Waals surface area contributed by atoms with Gasteiger partial charge in [-0.2, -0.15) is 13.2 Å². The number of H-pyrrole nitrogens is 1. The van der Waals surface area contributed by atoms with E-state index < -0.39 is 62.6 Å². The van der Waals surface area contributed by atoms with E-state index in [-0.39, 0.29) is 53.7 Å². The predicted molar refractivity (Wildman–Crippen MR) is 185 cm³/mol. The topological polar surface area (TPSA) is 135 Å². The Morgan fingerprint density at radius 3 is 2.37 bits per heavy atom. The van der Waals surface area contributed by atoms with Crippen LogP contribution in [0.3, 0.4) is 0 Å². The summed E-state index contributed by atoms with van der Waals surface area (Å²) >= 11 is 0. The van der Waals surface area contributed by atoms with Gasteiger partial charge in [0.2, 0.25) is 5.60 Å². The minimum absolute atomic E-state index is 0.0119. The molecule has 51 heavy (non-hydrogen) atoms. The number of rotatable bonds is 11. The van der Waals surface area contributed by atoms with Crippen molar-refractivity contribution < 1.29 is 45.9 Å². The second-order valence-electron chi connectivity index (χ2n) is 14.6. The number of carbonyl (C=O) groups excluding carboxylic acids is 1. The van der Waals surface area contributed by atoms with Crippen LogP contribution in [-0.4, -0.2) is 68.1 Å². The van der Waals surface area contributed by atoms with Gasteiger partial charge in [-0.05, 0) is 97.0 Å². The minimum Gasteiger partial charge on any atom is -0.489 e. The van der Waals surface area contributed by atoms with Crippen LogP contribution >= 0.6 is 0 Å². The highest BCUT2D eigenvalue weighted by atomic mass is 32.2. The third kappa shape index (κ3) is 8.21. The lowest BCUT2D eigenvalue weighted by atomic mass is 9.89. The third-order valence-electron chi connectivity index (χ3n) is 8.22. The molecular weight excluding hydrogens is 692 g/mol. The van der Waals surface area contributed by atoms with Gasteiger partial charge in [-0.3, -0.25) is 4.79 Å². The first-order valence-electron chi connectivity index (χ1n) is 16.2. The molecule has 4 N–H and O–H groups in total. The van der Waals surface area contributed by atoms with Crippen molar-refractivity contribution in [1.29, 1.82) is 0 Å². The van der Waals surface area contributed by atoms with Crippen molar-refractivity contribution in [3.8, 4) is 22.8 Å². The Morgan fingerprint density at radius 2 is 1.75 bits per heavy atom. The molecule has 2 unspecified atom stereocenters. The largest absolute Gasteiger partial charge is 0.489 e. The van der Waals surface area contributed by atoms with Gasteiger partial charge in [0, 0.05) is 28.3 Å². The van der Waals surface area contributed by atoms with Gasteiger partial charge in [-0.15, -0.1) is 0 Å². The molecule has 15 heteroatoms. The van der Waals surface area contributed by atoms with Crippen molar-refractivity contribution in [2.75, 3.05) is 26.4 Å². The zero-order valence-electron chi connectivity index (χ0n) is 29.4. The van der Waals surface area contributed by atoms with E-state index in [1.54, 1.807) is 40.0 Å². The van der Waals surface area contributed by atoms with E-state index in [2.05, 4.69) is 20.0 Å². The number of alkyl halides is 3. The normalized spacial score (nSPS) is 18.2. The molecule has 1 amide bonds. The molecular formula is C36H42F4N4O6S. The van der Waals surface area contributed by atoms with E-state index in [0.29, 0.717) is 10.9 Å². The van der Waals surface area contributed by atoms with Crippen LogP contribution in [-0.2, 0) is 26.9 Å². The number of nitrogens with one attached hydrogen (secondary N) is 3. The Hall–Kier alpha value is -4.05. The number of halogens is 4. The van der Waals surface area contributed by atoms with Crippen LogP contribution in [0.15, 0.2) is 54.7 Å². The van der Waals surface area contributed by atoms with Gasteiger partial charge < -0.3 is 29.6 Å². The van der Waals surface area contributed by atoms with Crippen molar-refractivity contribution in [2.45, 2.75) is 76.1 Å². The van der Waals surface area contributed by atoms with Crippen LogP contribution in [0, 0.1) is 5.82 Å². The lowest BCUT2D eigenvalue weighted by molar-refractivity contribution is -0.265. The molecule has 0 saturated heterocycles. The Bertz CT molecular complexity index is 1940. The number of ether oxygens (including phenoxy) is 3. The molecule has 5 rings (SSSR count). The smallest absolute Gasteiger partial charge is 0.424 e. The number of carbonyl (C=O) groups is 1. The first kappa shape index (κ1) is 38.2. The molecule has 0 bridgehead atoms. The van der Waals surface area contributed by atoms with Gasteiger partial charge in [0.05, 0.1) is 51.2 Å². The maximum atomic E-state index is 15.0. The zero-order valence-corrected chi connectivity index (χ0v) is 30.2. The number of fused-ring (bicyclic) bond motifs is 2. The molecule has 0 spiro atoms. The van der Waals surface area contributed by atoms with Gasteiger partial charge in [0.25, 0.3) is 5.91 Å². The summed E-state index contributed by atoms with van der Waals surface area (Å²) in [5, 5.41) is 14.3. The summed E-state index contributed by atoms with van der Waals surface area (Å²) in [5.41, 5.74) is -5.41. The maximum absolute atomic E-state index is 15.0. The van der Waals surface area contributed by atoms with Gasteiger partial charge in [0.1, 0.15) is 30.5 Å². The molecule has 1 aliphatic heterocycles.